The maximum absolute atomic E-state index is 13.7. The third kappa shape index (κ3) is 5.03. The minimum absolute atomic E-state index is 0.0607. The number of nitrogens with zero attached hydrogens (tertiary/aromatic N) is 2. The molecule has 126 valence electrons. The van der Waals surface area contributed by atoms with Gasteiger partial charge in [-0.25, -0.2) is 13.5 Å². The number of rotatable bonds is 6. The summed E-state index contributed by atoms with van der Waals surface area (Å²) in [6.07, 6.45) is 0.906. The molecule has 0 atom stereocenters. The van der Waals surface area contributed by atoms with Crippen LogP contribution >= 0.6 is 0 Å². The van der Waals surface area contributed by atoms with E-state index in [2.05, 4.69) is 25.9 Å². The van der Waals surface area contributed by atoms with Crippen molar-refractivity contribution in [3.05, 3.63) is 47.2 Å². The number of hydrogen-bond donors (Lipinski definition) is 1. The van der Waals surface area contributed by atoms with E-state index in [1.54, 1.807) is 10.7 Å². The summed E-state index contributed by atoms with van der Waals surface area (Å²) in [6.45, 7) is 7.33. The van der Waals surface area contributed by atoms with Crippen molar-refractivity contribution in [2.24, 2.45) is 11.1 Å². The molecule has 0 saturated carbocycles. The second-order valence-electron chi connectivity index (χ2n) is 6.74. The second-order valence-corrected chi connectivity index (χ2v) is 6.74. The van der Waals surface area contributed by atoms with E-state index in [0.29, 0.717) is 24.7 Å². The molecule has 0 spiro atoms. The molecule has 23 heavy (non-hydrogen) atoms. The van der Waals surface area contributed by atoms with E-state index in [9.17, 15) is 8.78 Å². The molecule has 1 aromatic heterocycles. The molecule has 0 fully saturated rings. The lowest BCUT2D eigenvalue weighted by Gasteiger charge is -2.18. The van der Waals surface area contributed by atoms with Crippen molar-refractivity contribution < 1.29 is 13.5 Å². The number of ether oxygens (including phenoxy) is 1. The van der Waals surface area contributed by atoms with Crippen LogP contribution in [0, 0.1) is 17.0 Å². The topological polar surface area (TPSA) is 53.1 Å². The van der Waals surface area contributed by atoms with Gasteiger partial charge in [-0.05, 0) is 30.0 Å². The summed E-state index contributed by atoms with van der Waals surface area (Å²) in [4.78, 5) is 0. The summed E-state index contributed by atoms with van der Waals surface area (Å²) >= 11 is 0. The highest BCUT2D eigenvalue weighted by molar-refractivity contribution is 5.20. The zero-order chi connectivity index (χ0) is 17.0. The standard InChI is InChI=1S/C17H23F2N3O/c1-17(2,3)6-7-22-16(9-14(10-20)21-22)23-11-12-8-13(18)4-5-15(12)19/h4-5,8-9H,6-7,10-11,20H2,1-3H3. The molecular weight excluding hydrogens is 300 g/mol. The maximum Gasteiger partial charge on any atom is 0.212 e. The first kappa shape index (κ1) is 17.4. The molecular formula is C17H23F2N3O. The van der Waals surface area contributed by atoms with Gasteiger partial charge in [-0.3, -0.25) is 0 Å². The van der Waals surface area contributed by atoms with Crippen molar-refractivity contribution in [3.8, 4) is 5.88 Å². The normalized spacial score (nSPS) is 11.7. The van der Waals surface area contributed by atoms with Crippen LogP contribution in [0.25, 0.3) is 0 Å². The van der Waals surface area contributed by atoms with Crippen LogP contribution in [0.15, 0.2) is 24.3 Å². The van der Waals surface area contributed by atoms with Gasteiger partial charge in [-0.2, -0.15) is 5.10 Å². The van der Waals surface area contributed by atoms with Crippen molar-refractivity contribution in [1.82, 2.24) is 9.78 Å². The Bertz CT molecular complexity index is 662. The van der Waals surface area contributed by atoms with E-state index in [4.69, 9.17) is 10.5 Å². The van der Waals surface area contributed by atoms with E-state index >= 15 is 0 Å². The van der Waals surface area contributed by atoms with Crippen LogP contribution in [0.4, 0.5) is 8.78 Å². The van der Waals surface area contributed by atoms with Crippen molar-refractivity contribution in [2.75, 3.05) is 0 Å². The molecule has 1 heterocycles. The smallest absolute Gasteiger partial charge is 0.212 e. The predicted octanol–water partition coefficient (Wildman–Crippen LogP) is 3.64. The third-order valence-corrected chi connectivity index (χ3v) is 3.46. The van der Waals surface area contributed by atoms with Crippen molar-refractivity contribution in [2.45, 2.75) is 46.9 Å². The minimum Gasteiger partial charge on any atom is -0.473 e. The Kier molecular flexibility index (Phi) is 5.36. The Hall–Kier alpha value is -1.95. The predicted molar refractivity (Wildman–Crippen MR) is 84.9 cm³/mol. The van der Waals surface area contributed by atoms with Crippen LogP contribution in [0.3, 0.4) is 0 Å². The Balaban J connectivity index is 2.12. The first-order chi connectivity index (χ1) is 10.8. The van der Waals surface area contributed by atoms with Gasteiger partial charge in [0.1, 0.15) is 18.2 Å². The van der Waals surface area contributed by atoms with Gasteiger partial charge in [-0.1, -0.05) is 20.8 Å². The van der Waals surface area contributed by atoms with E-state index in [1.807, 2.05) is 0 Å². The van der Waals surface area contributed by atoms with Gasteiger partial charge < -0.3 is 10.5 Å². The molecule has 1 aromatic carbocycles. The number of nitrogens with two attached hydrogens (primary N) is 1. The average molecular weight is 323 g/mol. The van der Waals surface area contributed by atoms with E-state index in [-0.39, 0.29) is 17.6 Å². The second kappa shape index (κ2) is 7.08. The van der Waals surface area contributed by atoms with Crippen LogP contribution in [-0.4, -0.2) is 9.78 Å². The number of hydrogen-bond acceptors (Lipinski definition) is 3. The van der Waals surface area contributed by atoms with Crippen LogP contribution < -0.4 is 10.5 Å². The molecule has 2 rings (SSSR count). The Morgan fingerprint density at radius 2 is 1.96 bits per heavy atom. The van der Waals surface area contributed by atoms with Gasteiger partial charge in [-0.15, -0.1) is 0 Å². The first-order valence-electron chi connectivity index (χ1n) is 7.62. The number of aryl methyl sites for hydroxylation is 1. The quantitative estimate of drug-likeness (QED) is 0.883. The minimum atomic E-state index is -0.494. The lowest BCUT2D eigenvalue weighted by atomic mass is 9.92. The van der Waals surface area contributed by atoms with Gasteiger partial charge >= 0.3 is 0 Å². The van der Waals surface area contributed by atoms with E-state index in [1.165, 1.54) is 0 Å². The molecule has 0 unspecified atom stereocenters. The summed E-state index contributed by atoms with van der Waals surface area (Å²) in [6, 6.07) is 5.05. The van der Waals surface area contributed by atoms with Crippen LogP contribution in [0.2, 0.25) is 0 Å². The Morgan fingerprint density at radius 3 is 2.61 bits per heavy atom. The number of aromatic nitrogens is 2. The molecule has 0 bridgehead atoms. The van der Waals surface area contributed by atoms with Gasteiger partial charge in [0.2, 0.25) is 5.88 Å². The Labute approximate surface area is 135 Å². The summed E-state index contributed by atoms with van der Waals surface area (Å²) in [5.41, 5.74) is 6.65. The lowest BCUT2D eigenvalue weighted by molar-refractivity contribution is 0.254. The molecule has 0 amide bonds. The summed E-state index contributed by atoms with van der Waals surface area (Å²) in [5.74, 6) is -0.474. The summed E-state index contributed by atoms with van der Waals surface area (Å²) in [5, 5.41) is 4.38. The summed E-state index contributed by atoms with van der Waals surface area (Å²) < 4.78 is 34.2. The first-order valence-corrected chi connectivity index (χ1v) is 7.62. The fraction of sp³-hybridized carbons (Fsp3) is 0.471. The fourth-order valence-electron chi connectivity index (χ4n) is 2.07. The third-order valence-electron chi connectivity index (χ3n) is 3.46. The molecule has 0 aliphatic rings. The Morgan fingerprint density at radius 1 is 1.22 bits per heavy atom. The molecule has 2 N–H and O–H groups in total. The van der Waals surface area contributed by atoms with Crippen molar-refractivity contribution in [3.63, 3.8) is 0 Å². The maximum atomic E-state index is 13.7. The van der Waals surface area contributed by atoms with Gasteiger partial charge in [0.25, 0.3) is 0 Å². The van der Waals surface area contributed by atoms with Crippen LogP contribution in [0.1, 0.15) is 38.4 Å². The molecule has 0 aliphatic carbocycles. The molecule has 0 saturated heterocycles. The van der Waals surface area contributed by atoms with E-state index in [0.717, 1.165) is 24.6 Å². The highest BCUT2D eigenvalue weighted by atomic mass is 19.1. The van der Waals surface area contributed by atoms with Crippen molar-refractivity contribution in [1.29, 1.82) is 0 Å². The van der Waals surface area contributed by atoms with Gasteiger partial charge in [0.15, 0.2) is 0 Å². The lowest BCUT2D eigenvalue weighted by Crippen LogP contribution is -2.13. The molecule has 4 nitrogen and oxygen atoms in total. The van der Waals surface area contributed by atoms with Crippen LogP contribution in [-0.2, 0) is 19.7 Å². The van der Waals surface area contributed by atoms with Gasteiger partial charge in [0, 0.05) is 24.7 Å². The molecule has 2 aromatic rings. The molecule has 0 aliphatic heterocycles. The van der Waals surface area contributed by atoms with E-state index < -0.39 is 11.6 Å². The SMILES string of the molecule is CC(C)(C)CCn1nc(CN)cc1OCc1cc(F)ccc1F. The number of benzene rings is 1. The molecule has 0 radical (unpaired) electrons. The average Bonchev–Trinajstić information content (AvgIpc) is 2.88. The summed E-state index contributed by atoms with van der Waals surface area (Å²) in [7, 11) is 0. The van der Waals surface area contributed by atoms with Crippen LogP contribution in [0.5, 0.6) is 5.88 Å². The zero-order valence-corrected chi connectivity index (χ0v) is 13.8. The number of halogens is 2. The highest BCUT2D eigenvalue weighted by Gasteiger charge is 2.15. The fourth-order valence-corrected chi connectivity index (χ4v) is 2.07. The monoisotopic (exact) mass is 323 g/mol. The molecule has 6 heteroatoms. The largest absolute Gasteiger partial charge is 0.473 e. The highest BCUT2D eigenvalue weighted by Crippen LogP contribution is 2.23. The van der Waals surface area contributed by atoms with Gasteiger partial charge in [0.05, 0.1) is 5.69 Å². The zero-order valence-electron chi connectivity index (χ0n) is 13.8. The van der Waals surface area contributed by atoms with Crippen molar-refractivity contribution >= 4 is 0 Å².